The average molecular weight is 255 g/mol. The Labute approximate surface area is 106 Å². The van der Waals surface area contributed by atoms with Crippen LogP contribution >= 0.6 is 11.6 Å². The third kappa shape index (κ3) is 3.29. The Morgan fingerprint density at radius 3 is 2.76 bits per heavy atom. The predicted molar refractivity (Wildman–Crippen MR) is 66.7 cm³/mol. The van der Waals surface area contributed by atoms with Crippen molar-refractivity contribution >= 4 is 17.4 Å². The predicted octanol–water partition coefficient (Wildman–Crippen LogP) is 4.17. The number of rotatable bonds is 4. The molecule has 0 amide bonds. The van der Waals surface area contributed by atoms with E-state index in [0.29, 0.717) is 17.9 Å². The highest BCUT2D eigenvalue weighted by atomic mass is 35.5. The molecule has 1 fully saturated rings. The van der Waals surface area contributed by atoms with Gasteiger partial charge in [0.25, 0.3) is 0 Å². The molecule has 0 heterocycles. The summed E-state index contributed by atoms with van der Waals surface area (Å²) in [5, 5.41) is 0.0937. The summed E-state index contributed by atoms with van der Waals surface area (Å²) in [6.07, 6.45) is 5.50. The van der Waals surface area contributed by atoms with E-state index in [4.69, 9.17) is 11.6 Å². The summed E-state index contributed by atoms with van der Waals surface area (Å²) in [6, 6.07) is 4.82. The molecule has 1 aromatic carbocycles. The van der Waals surface area contributed by atoms with Gasteiger partial charge in [-0.3, -0.25) is 4.79 Å². The Morgan fingerprint density at radius 2 is 2.06 bits per heavy atom. The second-order valence-electron chi connectivity index (χ2n) is 4.78. The van der Waals surface area contributed by atoms with Crippen LogP contribution in [0.15, 0.2) is 18.2 Å². The van der Waals surface area contributed by atoms with Gasteiger partial charge in [-0.25, -0.2) is 4.39 Å². The Bertz CT molecular complexity index is 411. The highest BCUT2D eigenvalue weighted by Gasteiger charge is 2.19. The zero-order valence-corrected chi connectivity index (χ0v) is 10.5. The molecular formula is C14H16ClFO. The number of ketones is 1. The Kier molecular flexibility index (Phi) is 4.16. The largest absolute Gasteiger partial charge is 0.299 e. The molecule has 0 spiro atoms. The van der Waals surface area contributed by atoms with Crippen LogP contribution in [0.4, 0.5) is 4.39 Å². The molecule has 0 saturated heterocycles. The maximum absolute atomic E-state index is 13.6. The van der Waals surface area contributed by atoms with Crippen LogP contribution in [0.2, 0.25) is 5.02 Å². The molecule has 3 heteroatoms. The quantitative estimate of drug-likeness (QED) is 0.788. The minimum atomic E-state index is -0.450. The van der Waals surface area contributed by atoms with Crippen molar-refractivity contribution in [1.82, 2.24) is 0 Å². The molecule has 0 aliphatic heterocycles. The van der Waals surface area contributed by atoms with Crippen molar-refractivity contribution in [3.05, 3.63) is 34.6 Å². The molecule has 92 valence electrons. The van der Waals surface area contributed by atoms with Crippen molar-refractivity contribution in [2.75, 3.05) is 0 Å². The minimum absolute atomic E-state index is 0.0937. The van der Waals surface area contributed by atoms with Crippen molar-refractivity contribution in [3.63, 3.8) is 0 Å². The number of hydrogen-bond donors (Lipinski definition) is 0. The first-order valence-corrected chi connectivity index (χ1v) is 6.49. The molecule has 1 nitrogen and oxygen atoms in total. The van der Waals surface area contributed by atoms with E-state index in [9.17, 15) is 9.18 Å². The lowest BCUT2D eigenvalue weighted by atomic mass is 9.97. The van der Waals surface area contributed by atoms with E-state index in [0.717, 1.165) is 12.8 Å². The molecule has 1 saturated carbocycles. The van der Waals surface area contributed by atoms with Gasteiger partial charge in [0, 0.05) is 12.8 Å². The lowest BCUT2D eigenvalue weighted by Crippen LogP contribution is -2.09. The zero-order valence-electron chi connectivity index (χ0n) is 9.72. The molecule has 17 heavy (non-hydrogen) atoms. The monoisotopic (exact) mass is 254 g/mol. The van der Waals surface area contributed by atoms with Crippen molar-refractivity contribution < 1.29 is 9.18 Å². The number of carbonyl (C=O) groups excluding carboxylic acids is 1. The number of Topliss-reactive ketones (excluding diaryl/α,β-unsaturated/α-hetero) is 1. The fourth-order valence-electron chi connectivity index (χ4n) is 2.51. The molecular weight excluding hydrogens is 239 g/mol. The first-order chi connectivity index (χ1) is 8.16. The second-order valence-corrected chi connectivity index (χ2v) is 5.19. The summed E-state index contributed by atoms with van der Waals surface area (Å²) in [6.45, 7) is 0. The van der Waals surface area contributed by atoms with Crippen LogP contribution in [0.25, 0.3) is 0 Å². The van der Waals surface area contributed by atoms with E-state index < -0.39 is 5.82 Å². The lowest BCUT2D eigenvalue weighted by molar-refractivity contribution is -0.119. The average Bonchev–Trinajstić information content (AvgIpc) is 2.77. The van der Waals surface area contributed by atoms with Crippen molar-refractivity contribution in [2.45, 2.75) is 38.5 Å². The van der Waals surface area contributed by atoms with Gasteiger partial charge in [-0.1, -0.05) is 49.4 Å². The number of carbonyl (C=O) groups is 1. The molecule has 0 N–H and O–H groups in total. The number of hydrogen-bond acceptors (Lipinski definition) is 1. The fourth-order valence-corrected chi connectivity index (χ4v) is 2.70. The standard InChI is InChI=1S/C14H16ClFO/c15-13-7-3-6-11(14(13)16)9-12(17)8-10-4-1-2-5-10/h3,6-7,10H,1-2,4-5,8-9H2. The maximum atomic E-state index is 13.6. The van der Waals surface area contributed by atoms with E-state index in [2.05, 4.69) is 0 Å². The third-order valence-electron chi connectivity index (χ3n) is 3.41. The smallest absolute Gasteiger partial charge is 0.145 e. The van der Waals surface area contributed by atoms with Crippen molar-refractivity contribution in [2.24, 2.45) is 5.92 Å². The van der Waals surface area contributed by atoms with Crippen LogP contribution in [0.3, 0.4) is 0 Å². The Morgan fingerprint density at radius 1 is 1.35 bits per heavy atom. The second kappa shape index (κ2) is 5.63. The van der Waals surface area contributed by atoms with Gasteiger partial charge in [-0.05, 0) is 17.5 Å². The number of halogens is 2. The van der Waals surface area contributed by atoms with Crippen LogP contribution in [-0.2, 0) is 11.2 Å². The SMILES string of the molecule is O=C(Cc1cccc(Cl)c1F)CC1CCCC1. The molecule has 1 aliphatic carbocycles. The van der Waals surface area contributed by atoms with Gasteiger partial charge in [0.05, 0.1) is 5.02 Å². The summed E-state index contributed by atoms with van der Waals surface area (Å²) >= 11 is 5.68. The molecule has 0 aromatic heterocycles. The van der Waals surface area contributed by atoms with Crippen LogP contribution in [0, 0.1) is 11.7 Å². The summed E-state index contributed by atoms with van der Waals surface area (Å²) in [5.74, 6) is 0.191. The van der Waals surface area contributed by atoms with Gasteiger partial charge < -0.3 is 0 Å². The maximum Gasteiger partial charge on any atom is 0.145 e. The van der Waals surface area contributed by atoms with E-state index in [-0.39, 0.29) is 17.2 Å². The Hall–Kier alpha value is -0.890. The molecule has 2 rings (SSSR count). The third-order valence-corrected chi connectivity index (χ3v) is 3.70. The van der Waals surface area contributed by atoms with Gasteiger partial charge in [0.1, 0.15) is 11.6 Å². The van der Waals surface area contributed by atoms with Crippen LogP contribution in [0.1, 0.15) is 37.7 Å². The van der Waals surface area contributed by atoms with E-state index in [1.54, 1.807) is 12.1 Å². The van der Waals surface area contributed by atoms with Crippen molar-refractivity contribution in [1.29, 1.82) is 0 Å². The first-order valence-electron chi connectivity index (χ1n) is 6.11. The van der Waals surface area contributed by atoms with E-state index >= 15 is 0 Å². The Balaban J connectivity index is 1.95. The van der Waals surface area contributed by atoms with E-state index in [1.165, 1.54) is 18.9 Å². The van der Waals surface area contributed by atoms with E-state index in [1.807, 2.05) is 0 Å². The molecule has 0 bridgehead atoms. The topological polar surface area (TPSA) is 17.1 Å². The first kappa shape index (κ1) is 12.6. The highest BCUT2D eigenvalue weighted by molar-refractivity contribution is 6.30. The number of benzene rings is 1. The van der Waals surface area contributed by atoms with Crippen molar-refractivity contribution in [3.8, 4) is 0 Å². The molecule has 1 aliphatic rings. The highest BCUT2D eigenvalue weighted by Crippen LogP contribution is 2.28. The van der Waals surface area contributed by atoms with Gasteiger partial charge >= 0.3 is 0 Å². The summed E-state index contributed by atoms with van der Waals surface area (Å²) < 4.78 is 13.6. The summed E-state index contributed by atoms with van der Waals surface area (Å²) in [4.78, 5) is 11.8. The zero-order chi connectivity index (χ0) is 12.3. The normalized spacial score (nSPS) is 16.4. The summed E-state index contributed by atoms with van der Waals surface area (Å²) in [5.41, 5.74) is 0.417. The van der Waals surface area contributed by atoms with Gasteiger partial charge in [0.2, 0.25) is 0 Å². The minimum Gasteiger partial charge on any atom is -0.299 e. The molecule has 0 unspecified atom stereocenters. The van der Waals surface area contributed by atoms with Crippen LogP contribution in [0.5, 0.6) is 0 Å². The van der Waals surface area contributed by atoms with Gasteiger partial charge in [-0.2, -0.15) is 0 Å². The fraction of sp³-hybridized carbons (Fsp3) is 0.500. The van der Waals surface area contributed by atoms with Crippen LogP contribution in [-0.4, -0.2) is 5.78 Å². The lowest BCUT2D eigenvalue weighted by Gasteiger charge is -2.08. The van der Waals surface area contributed by atoms with Gasteiger partial charge in [-0.15, -0.1) is 0 Å². The summed E-state index contributed by atoms with van der Waals surface area (Å²) in [7, 11) is 0. The van der Waals surface area contributed by atoms with Crippen LogP contribution < -0.4 is 0 Å². The molecule has 0 radical (unpaired) electrons. The molecule has 0 atom stereocenters. The van der Waals surface area contributed by atoms with Gasteiger partial charge in [0.15, 0.2) is 0 Å². The molecule has 1 aromatic rings.